The maximum absolute atomic E-state index is 12.1. The number of hydrogen-bond acceptors (Lipinski definition) is 2. The van der Waals surface area contributed by atoms with Gasteiger partial charge in [0.05, 0.1) is 4.90 Å². The first-order valence-electron chi connectivity index (χ1n) is 7.04. The molecule has 0 fully saturated rings. The van der Waals surface area contributed by atoms with Gasteiger partial charge in [0, 0.05) is 6.04 Å². The second-order valence-electron chi connectivity index (χ2n) is 5.18. The molecular formula is C15H25NO2S. The molecule has 3 nitrogen and oxygen atoms in total. The Morgan fingerprint density at radius 2 is 1.74 bits per heavy atom. The first-order chi connectivity index (χ1) is 8.95. The van der Waals surface area contributed by atoms with Gasteiger partial charge in [-0.2, -0.15) is 0 Å². The molecule has 0 aromatic heterocycles. The molecule has 1 aromatic carbocycles. The molecule has 0 aliphatic heterocycles. The number of benzene rings is 1. The lowest BCUT2D eigenvalue weighted by Gasteiger charge is -2.14. The van der Waals surface area contributed by atoms with Gasteiger partial charge >= 0.3 is 0 Å². The van der Waals surface area contributed by atoms with E-state index in [2.05, 4.69) is 11.6 Å². The summed E-state index contributed by atoms with van der Waals surface area (Å²) in [5.74, 6) is 0. The molecule has 0 saturated heterocycles. The van der Waals surface area contributed by atoms with E-state index in [1.807, 2.05) is 26.0 Å². The summed E-state index contributed by atoms with van der Waals surface area (Å²) in [7, 11) is -3.37. The van der Waals surface area contributed by atoms with Gasteiger partial charge in [-0.1, -0.05) is 50.3 Å². The van der Waals surface area contributed by atoms with E-state index in [1.165, 1.54) is 19.3 Å². The van der Waals surface area contributed by atoms with Gasteiger partial charge in [-0.3, -0.25) is 0 Å². The largest absolute Gasteiger partial charge is 0.240 e. The topological polar surface area (TPSA) is 46.2 Å². The molecule has 108 valence electrons. The normalized spacial score (nSPS) is 13.4. The summed E-state index contributed by atoms with van der Waals surface area (Å²) < 4.78 is 27.0. The van der Waals surface area contributed by atoms with Crippen LogP contribution in [0.4, 0.5) is 0 Å². The average molecular weight is 283 g/mol. The molecule has 0 heterocycles. The monoisotopic (exact) mass is 283 g/mol. The van der Waals surface area contributed by atoms with Crippen LogP contribution in [0, 0.1) is 6.92 Å². The van der Waals surface area contributed by atoms with Gasteiger partial charge < -0.3 is 0 Å². The zero-order valence-electron chi connectivity index (χ0n) is 12.1. The van der Waals surface area contributed by atoms with Gasteiger partial charge in [0.2, 0.25) is 10.0 Å². The van der Waals surface area contributed by atoms with Crippen LogP contribution in [-0.2, 0) is 10.0 Å². The third-order valence-corrected chi connectivity index (χ3v) is 4.78. The van der Waals surface area contributed by atoms with Gasteiger partial charge in [-0.25, -0.2) is 13.1 Å². The third-order valence-electron chi connectivity index (χ3n) is 3.18. The van der Waals surface area contributed by atoms with Crippen LogP contribution in [0.2, 0.25) is 0 Å². The summed E-state index contributed by atoms with van der Waals surface area (Å²) in [6, 6.07) is 6.94. The first-order valence-corrected chi connectivity index (χ1v) is 8.53. The Hall–Kier alpha value is -0.870. The molecule has 0 radical (unpaired) electrons. The van der Waals surface area contributed by atoms with Crippen molar-refractivity contribution in [2.24, 2.45) is 0 Å². The quantitative estimate of drug-likeness (QED) is 0.740. The van der Waals surface area contributed by atoms with Crippen LogP contribution in [0.5, 0.6) is 0 Å². The predicted molar refractivity (Wildman–Crippen MR) is 79.7 cm³/mol. The number of nitrogens with one attached hydrogen (secondary N) is 1. The average Bonchev–Trinajstić information content (AvgIpc) is 2.34. The van der Waals surface area contributed by atoms with E-state index < -0.39 is 10.0 Å². The smallest absolute Gasteiger partial charge is 0.208 e. The molecule has 0 bridgehead atoms. The molecule has 19 heavy (non-hydrogen) atoms. The summed E-state index contributed by atoms with van der Waals surface area (Å²) in [4.78, 5) is 0.346. The molecule has 0 spiro atoms. The summed E-state index contributed by atoms with van der Waals surface area (Å²) in [6.45, 7) is 6.04. The van der Waals surface area contributed by atoms with E-state index in [1.54, 1.807) is 12.1 Å². The number of sulfonamides is 1. The highest BCUT2D eigenvalue weighted by atomic mass is 32.2. The standard InChI is InChI=1S/C15H25NO2S/c1-4-5-6-7-8-14(3)16-19(17,18)15-11-9-13(2)10-12-15/h9-12,14,16H,4-8H2,1-3H3/t14-/m1/s1. The van der Waals surface area contributed by atoms with E-state index in [0.29, 0.717) is 4.90 Å². The van der Waals surface area contributed by atoms with Crippen LogP contribution in [0.15, 0.2) is 29.2 Å². The fraction of sp³-hybridized carbons (Fsp3) is 0.600. The Kier molecular flexibility index (Phi) is 6.52. The van der Waals surface area contributed by atoms with Crippen LogP contribution in [0.25, 0.3) is 0 Å². The fourth-order valence-electron chi connectivity index (χ4n) is 1.99. The van der Waals surface area contributed by atoms with E-state index in [9.17, 15) is 8.42 Å². The summed E-state index contributed by atoms with van der Waals surface area (Å²) in [5, 5.41) is 0. The number of hydrogen-bond donors (Lipinski definition) is 1. The Balaban J connectivity index is 2.52. The van der Waals surface area contributed by atoms with Crippen molar-refractivity contribution in [3.63, 3.8) is 0 Å². The molecule has 1 atom stereocenters. The molecule has 1 rings (SSSR count). The second-order valence-corrected chi connectivity index (χ2v) is 6.90. The second kappa shape index (κ2) is 7.65. The molecule has 0 unspecified atom stereocenters. The molecule has 0 aliphatic carbocycles. The van der Waals surface area contributed by atoms with Crippen LogP contribution in [0.3, 0.4) is 0 Å². The van der Waals surface area contributed by atoms with E-state index in [-0.39, 0.29) is 6.04 Å². The molecule has 4 heteroatoms. The van der Waals surface area contributed by atoms with Crippen LogP contribution < -0.4 is 4.72 Å². The summed E-state index contributed by atoms with van der Waals surface area (Å²) >= 11 is 0. The molecule has 1 N–H and O–H groups in total. The van der Waals surface area contributed by atoms with E-state index in [4.69, 9.17) is 0 Å². The van der Waals surface area contributed by atoms with Gasteiger partial charge in [0.15, 0.2) is 0 Å². The Morgan fingerprint density at radius 3 is 2.32 bits per heavy atom. The van der Waals surface area contributed by atoms with Crippen molar-refractivity contribution in [3.05, 3.63) is 29.8 Å². The zero-order valence-corrected chi connectivity index (χ0v) is 13.0. The van der Waals surface area contributed by atoms with Crippen LogP contribution in [0.1, 0.15) is 51.5 Å². The molecule has 0 saturated carbocycles. The number of aryl methyl sites for hydroxylation is 1. The Bertz CT molecular complexity index is 465. The minimum atomic E-state index is -3.37. The minimum absolute atomic E-state index is 0.0110. The third kappa shape index (κ3) is 5.74. The van der Waals surface area contributed by atoms with Crippen LogP contribution in [-0.4, -0.2) is 14.5 Å². The van der Waals surface area contributed by atoms with Crippen molar-refractivity contribution in [2.75, 3.05) is 0 Å². The highest BCUT2D eigenvalue weighted by Gasteiger charge is 2.16. The predicted octanol–water partition coefficient (Wildman–Crippen LogP) is 3.63. The van der Waals surface area contributed by atoms with E-state index in [0.717, 1.165) is 18.4 Å². The van der Waals surface area contributed by atoms with Crippen molar-refractivity contribution in [2.45, 2.75) is 63.8 Å². The Labute approximate surface area is 117 Å². The SMILES string of the molecule is CCCCCC[C@@H](C)NS(=O)(=O)c1ccc(C)cc1. The van der Waals surface area contributed by atoms with Crippen molar-refractivity contribution in [1.29, 1.82) is 0 Å². The highest BCUT2D eigenvalue weighted by molar-refractivity contribution is 7.89. The van der Waals surface area contributed by atoms with Crippen molar-refractivity contribution in [3.8, 4) is 0 Å². The highest BCUT2D eigenvalue weighted by Crippen LogP contribution is 2.12. The lowest BCUT2D eigenvalue weighted by Crippen LogP contribution is -2.32. The zero-order chi connectivity index (χ0) is 14.3. The van der Waals surface area contributed by atoms with Crippen molar-refractivity contribution < 1.29 is 8.42 Å². The molecule has 0 amide bonds. The van der Waals surface area contributed by atoms with Gasteiger partial charge in [-0.15, -0.1) is 0 Å². The number of rotatable bonds is 8. The van der Waals surface area contributed by atoms with Crippen LogP contribution >= 0.6 is 0 Å². The first kappa shape index (κ1) is 16.2. The lowest BCUT2D eigenvalue weighted by atomic mass is 10.1. The minimum Gasteiger partial charge on any atom is -0.208 e. The summed E-state index contributed by atoms with van der Waals surface area (Å²) in [6.07, 6.45) is 5.56. The fourth-order valence-corrected chi connectivity index (χ4v) is 3.26. The molecule has 1 aromatic rings. The van der Waals surface area contributed by atoms with Gasteiger partial charge in [0.25, 0.3) is 0 Å². The molecular weight excluding hydrogens is 258 g/mol. The van der Waals surface area contributed by atoms with Gasteiger partial charge in [0.1, 0.15) is 0 Å². The van der Waals surface area contributed by atoms with Crippen molar-refractivity contribution in [1.82, 2.24) is 4.72 Å². The lowest BCUT2D eigenvalue weighted by molar-refractivity contribution is 0.522. The maximum atomic E-state index is 12.1. The molecule has 0 aliphatic rings. The van der Waals surface area contributed by atoms with E-state index >= 15 is 0 Å². The van der Waals surface area contributed by atoms with Gasteiger partial charge in [-0.05, 0) is 32.4 Å². The summed E-state index contributed by atoms with van der Waals surface area (Å²) in [5.41, 5.74) is 1.06. The maximum Gasteiger partial charge on any atom is 0.240 e. The van der Waals surface area contributed by atoms with Crippen molar-refractivity contribution >= 4 is 10.0 Å². The number of unbranched alkanes of at least 4 members (excludes halogenated alkanes) is 3. The Morgan fingerprint density at radius 1 is 1.11 bits per heavy atom.